The summed E-state index contributed by atoms with van der Waals surface area (Å²) in [7, 11) is 0. The normalized spacial score (nSPS) is 16.1. The Kier molecular flexibility index (Phi) is 2.11. The molecule has 0 unspecified atom stereocenters. The molecule has 0 aromatic carbocycles. The third kappa shape index (κ3) is 1.75. The molecule has 0 aliphatic heterocycles. The van der Waals surface area contributed by atoms with Crippen molar-refractivity contribution in [1.82, 2.24) is 9.78 Å². The van der Waals surface area contributed by atoms with Gasteiger partial charge in [0.1, 0.15) is 4.60 Å². The molecular weight excluding hydrogens is 236 g/mol. The van der Waals surface area contributed by atoms with Gasteiger partial charge in [-0.3, -0.25) is 9.48 Å². The molecule has 0 radical (unpaired) electrons. The maximum absolute atomic E-state index is 10.5. The second kappa shape index (κ2) is 3.14. The molecule has 1 aliphatic carbocycles. The lowest BCUT2D eigenvalue weighted by Crippen LogP contribution is -2.01. The predicted octanol–water partition coefficient (Wildman–Crippen LogP) is 1.61. The summed E-state index contributed by atoms with van der Waals surface area (Å²) in [6.45, 7) is 0. The average molecular weight is 245 g/mol. The standard InChI is InChI=1S/C8H9BrN2O2/c9-8-5(3-7(12)13)4-10-11(8)6-1-2-6/h4,6H,1-3H2,(H,12,13). The number of rotatable bonds is 3. The van der Waals surface area contributed by atoms with Crippen LogP contribution in [-0.2, 0) is 11.2 Å². The quantitative estimate of drug-likeness (QED) is 0.879. The maximum Gasteiger partial charge on any atom is 0.307 e. The Morgan fingerprint density at radius 2 is 2.46 bits per heavy atom. The van der Waals surface area contributed by atoms with Gasteiger partial charge >= 0.3 is 5.97 Å². The first kappa shape index (κ1) is 8.74. The van der Waals surface area contributed by atoms with E-state index in [1.54, 1.807) is 6.20 Å². The van der Waals surface area contributed by atoms with Crippen LogP contribution in [0.15, 0.2) is 10.8 Å². The Balaban J connectivity index is 2.22. The molecule has 0 atom stereocenters. The van der Waals surface area contributed by atoms with Crippen LogP contribution < -0.4 is 0 Å². The number of halogens is 1. The summed E-state index contributed by atoms with van der Waals surface area (Å²) in [4.78, 5) is 10.5. The van der Waals surface area contributed by atoms with Crippen LogP contribution in [0.1, 0.15) is 24.4 Å². The smallest absolute Gasteiger partial charge is 0.307 e. The summed E-state index contributed by atoms with van der Waals surface area (Å²) in [6, 6.07) is 0.483. The van der Waals surface area contributed by atoms with E-state index in [0.29, 0.717) is 6.04 Å². The van der Waals surface area contributed by atoms with Crippen molar-refractivity contribution in [3.8, 4) is 0 Å². The van der Waals surface area contributed by atoms with Crippen LogP contribution in [0.25, 0.3) is 0 Å². The lowest BCUT2D eigenvalue weighted by molar-refractivity contribution is -0.136. The van der Waals surface area contributed by atoms with Crippen LogP contribution in [0.5, 0.6) is 0 Å². The fourth-order valence-electron chi connectivity index (χ4n) is 1.24. The molecule has 0 bridgehead atoms. The van der Waals surface area contributed by atoms with Crippen molar-refractivity contribution in [1.29, 1.82) is 0 Å². The highest BCUT2D eigenvalue weighted by atomic mass is 79.9. The molecule has 1 saturated carbocycles. The highest BCUT2D eigenvalue weighted by molar-refractivity contribution is 9.10. The van der Waals surface area contributed by atoms with Crippen molar-refractivity contribution < 1.29 is 9.90 Å². The highest BCUT2D eigenvalue weighted by Crippen LogP contribution is 2.37. The Bertz CT molecular complexity index is 344. The largest absolute Gasteiger partial charge is 0.481 e. The van der Waals surface area contributed by atoms with Gasteiger partial charge < -0.3 is 5.11 Å². The van der Waals surface area contributed by atoms with E-state index < -0.39 is 5.97 Å². The fraction of sp³-hybridized carbons (Fsp3) is 0.500. The van der Waals surface area contributed by atoms with Gasteiger partial charge in [0.25, 0.3) is 0 Å². The number of hydrogen-bond acceptors (Lipinski definition) is 2. The molecule has 0 amide bonds. The van der Waals surface area contributed by atoms with Crippen LogP contribution in [0.3, 0.4) is 0 Å². The molecule has 13 heavy (non-hydrogen) atoms. The van der Waals surface area contributed by atoms with Gasteiger partial charge in [0.15, 0.2) is 0 Å². The molecule has 4 nitrogen and oxygen atoms in total. The van der Waals surface area contributed by atoms with Gasteiger partial charge in [-0.05, 0) is 28.8 Å². The van der Waals surface area contributed by atoms with E-state index in [1.807, 2.05) is 4.68 Å². The summed E-state index contributed by atoms with van der Waals surface area (Å²) in [6.07, 6.45) is 3.95. The summed E-state index contributed by atoms with van der Waals surface area (Å²) in [5.74, 6) is -0.823. The summed E-state index contributed by atoms with van der Waals surface area (Å²) in [5, 5.41) is 12.7. The number of carbonyl (C=O) groups is 1. The minimum Gasteiger partial charge on any atom is -0.481 e. The van der Waals surface area contributed by atoms with E-state index in [4.69, 9.17) is 5.11 Å². The zero-order valence-electron chi connectivity index (χ0n) is 6.90. The van der Waals surface area contributed by atoms with Crippen LogP contribution in [0.4, 0.5) is 0 Å². The molecule has 1 aromatic rings. The van der Waals surface area contributed by atoms with Gasteiger partial charge in [-0.25, -0.2) is 0 Å². The van der Waals surface area contributed by atoms with E-state index >= 15 is 0 Å². The third-order valence-electron chi connectivity index (χ3n) is 2.04. The second-order valence-corrected chi connectivity index (χ2v) is 3.96. The SMILES string of the molecule is O=C(O)Cc1cnn(C2CC2)c1Br. The number of aliphatic carboxylic acids is 1. The van der Waals surface area contributed by atoms with Crippen molar-refractivity contribution in [3.63, 3.8) is 0 Å². The van der Waals surface area contributed by atoms with Gasteiger partial charge in [0, 0.05) is 5.56 Å². The minimum absolute atomic E-state index is 0.0350. The number of aromatic nitrogens is 2. The van der Waals surface area contributed by atoms with Gasteiger partial charge in [-0.1, -0.05) is 0 Å². The van der Waals surface area contributed by atoms with Crippen LogP contribution in [-0.4, -0.2) is 20.9 Å². The molecule has 70 valence electrons. The molecule has 1 N–H and O–H groups in total. The van der Waals surface area contributed by atoms with Gasteiger partial charge in [0.2, 0.25) is 0 Å². The van der Waals surface area contributed by atoms with Gasteiger partial charge in [-0.2, -0.15) is 5.10 Å². The molecule has 1 aliphatic rings. The molecule has 0 spiro atoms. The van der Waals surface area contributed by atoms with E-state index in [-0.39, 0.29) is 6.42 Å². The molecular formula is C8H9BrN2O2. The van der Waals surface area contributed by atoms with Crippen molar-refractivity contribution >= 4 is 21.9 Å². The van der Waals surface area contributed by atoms with E-state index in [9.17, 15) is 4.79 Å². The van der Waals surface area contributed by atoms with E-state index in [1.165, 1.54) is 0 Å². The Hall–Kier alpha value is -0.840. The Morgan fingerprint density at radius 1 is 1.77 bits per heavy atom. The maximum atomic E-state index is 10.5. The van der Waals surface area contributed by atoms with Gasteiger partial charge in [0.05, 0.1) is 18.7 Å². The van der Waals surface area contributed by atoms with Crippen LogP contribution in [0.2, 0.25) is 0 Å². The Labute approximate surface area is 83.7 Å². The fourth-order valence-corrected chi connectivity index (χ4v) is 1.86. The first-order valence-corrected chi connectivity index (χ1v) is 4.91. The zero-order chi connectivity index (χ0) is 9.42. The lowest BCUT2D eigenvalue weighted by Gasteiger charge is -1.99. The summed E-state index contributed by atoms with van der Waals surface area (Å²) >= 11 is 3.36. The molecule has 5 heteroatoms. The monoisotopic (exact) mass is 244 g/mol. The highest BCUT2D eigenvalue weighted by Gasteiger charge is 2.27. The lowest BCUT2D eigenvalue weighted by atomic mass is 10.3. The zero-order valence-corrected chi connectivity index (χ0v) is 8.49. The van der Waals surface area contributed by atoms with Crippen LogP contribution in [0, 0.1) is 0 Å². The Morgan fingerprint density at radius 3 is 3.00 bits per heavy atom. The van der Waals surface area contributed by atoms with Crippen LogP contribution >= 0.6 is 15.9 Å². The van der Waals surface area contributed by atoms with E-state index in [0.717, 1.165) is 23.0 Å². The molecule has 1 heterocycles. The minimum atomic E-state index is -0.823. The second-order valence-electron chi connectivity index (χ2n) is 3.21. The van der Waals surface area contributed by atoms with Crippen molar-refractivity contribution in [2.24, 2.45) is 0 Å². The molecule has 1 fully saturated rings. The average Bonchev–Trinajstić information content (AvgIpc) is 2.81. The van der Waals surface area contributed by atoms with E-state index in [2.05, 4.69) is 21.0 Å². The molecule has 0 saturated heterocycles. The molecule has 2 rings (SSSR count). The van der Waals surface area contributed by atoms with Crippen molar-refractivity contribution in [2.45, 2.75) is 25.3 Å². The number of carboxylic acid groups (broad SMARTS) is 1. The van der Waals surface area contributed by atoms with Gasteiger partial charge in [-0.15, -0.1) is 0 Å². The van der Waals surface area contributed by atoms with Crippen molar-refractivity contribution in [3.05, 3.63) is 16.4 Å². The van der Waals surface area contributed by atoms with Crippen molar-refractivity contribution in [2.75, 3.05) is 0 Å². The topological polar surface area (TPSA) is 55.1 Å². The number of hydrogen-bond donors (Lipinski definition) is 1. The molecule has 1 aromatic heterocycles. The third-order valence-corrected chi connectivity index (χ3v) is 2.91. The number of nitrogens with zero attached hydrogens (tertiary/aromatic N) is 2. The first-order valence-electron chi connectivity index (χ1n) is 4.12. The summed E-state index contributed by atoms with van der Waals surface area (Å²) in [5.41, 5.74) is 0.749. The number of carboxylic acids is 1. The first-order chi connectivity index (χ1) is 6.18. The summed E-state index contributed by atoms with van der Waals surface area (Å²) < 4.78 is 2.68. The predicted molar refractivity (Wildman–Crippen MR) is 49.5 cm³/mol.